The zero-order valence-electron chi connectivity index (χ0n) is 10.5. The van der Waals surface area contributed by atoms with Gasteiger partial charge < -0.3 is 10.2 Å². The van der Waals surface area contributed by atoms with Gasteiger partial charge in [0.2, 0.25) is 0 Å². The average molecular weight is 295 g/mol. The van der Waals surface area contributed by atoms with Crippen LogP contribution in [0.5, 0.6) is 0 Å². The maximum Gasteiger partial charge on any atom is 0.129 e. The molecule has 100 valence electrons. The Kier molecular flexibility index (Phi) is 2.86. The number of aromatic nitrogens is 2. The Labute approximate surface area is 121 Å². The highest BCUT2D eigenvalue weighted by atomic mass is 35.5. The predicted molar refractivity (Wildman–Crippen MR) is 79.2 cm³/mol. The summed E-state index contributed by atoms with van der Waals surface area (Å²) in [7, 11) is 0. The first-order chi connectivity index (χ1) is 9.31. The van der Waals surface area contributed by atoms with E-state index in [1.807, 2.05) is 12.1 Å². The van der Waals surface area contributed by atoms with E-state index < -0.39 is 0 Å². The monoisotopic (exact) mass is 294 g/mol. The lowest BCUT2D eigenvalue weighted by atomic mass is 10.2. The molecule has 2 aromatic rings. The van der Waals surface area contributed by atoms with Crippen LogP contribution < -0.4 is 10.2 Å². The van der Waals surface area contributed by atoms with E-state index in [0.29, 0.717) is 6.04 Å². The summed E-state index contributed by atoms with van der Waals surface area (Å²) in [6.45, 7) is 2.06. The molecule has 6 heteroatoms. The smallest absolute Gasteiger partial charge is 0.129 e. The van der Waals surface area contributed by atoms with Crippen molar-refractivity contribution in [3.63, 3.8) is 0 Å². The minimum atomic E-state index is 0.588. The van der Waals surface area contributed by atoms with Crippen molar-refractivity contribution >= 4 is 40.0 Å². The van der Waals surface area contributed by atoms with E-state index in [0.717, 1.165) is 40.9 Å². The molecule has 0 spiro atoms. The van der Waals surface area contributed by atoms with Crippen molar-refractivity contribution in [2.45, 2.75) is 31.3 Å². The maximum atomic E-state index is 6.38. The van der Waals surface area contributed by atoms with E-state index in [4.69, 9.17) is 11.6 Å². The predicted octanol–water partition coefficient (Wildman–Crippen LogP) is 2.68. The lowest BCUT2D eigenvalue weighted by Crippen LogP contribution is -2.34. The van der Waals surface area contributed by atoms with E-state index in [1.165, 1.54) is 31.0 Å². The Balaban J connectivity index is 1.63. The van der Waals surface area contributed by atoms with Crippen LogP contribution in [-0.2, 0) is 0 Å². The number of benzene rings is 1. The van der Waals surface area contributed by atoms with Gasteiger partial charge in [0.1, 0.15) is 11.0 Å². The average Bonchev–Trinajstić information content (AvgIpc) is 2.90. The van der Waals surface area contributed by atoms with Crippen LogP contribution in [0.4, 0.5) is 5.69 Å². The minimum absolute atomic E-state index is 0.588. The Morgan fingerprint density at radius 2 is 2.11 bits per heavy atom. The van der Waals surface area contributed by atoms with Gasteiger partial charge in [0.15, 0.2) is 0 Å². The molecule has 1 unspecified atom stereocenters. The summed E-state index contributed by atoms with van der Waals surface area (Å²) >= 11 is 7.64. The Morgan fingerprint density at radius 3 is 2.95 bits per heavy atom. The number of rotatable bonds is 3. The summed E-state index contributed by atoms with van der Waals surface area (Å²) in [6.07, 6.45) is 3.85. The minimum Gasteiger partial charge on any atom is -0.367 e. The molecule has 1 N–H and O–H groups in total. The van der Waals surface area contributed by atoms with Crippen LogP contribution in [0, 0.1) is 0 Å². The summed E-state index contributed by atoms with van der Waals surface area (Å²) < 4.78 is 8.71. The lowest BCUT2D eigenvalue weighted by Gasteiger charge is -2.20. The second-order valence-electron chi connectivity index (χ2n) is 5.40. The highest BCUT2D eigenvalue weighted by Crippen LogP contribution is 2.35. The van der Waals surface area contributed by atoms with Crippen molar-refractivity contribution in [1.82, 2.24) is 14.1 Å². The quantitative estimate of drug-likeness (QED) is 0.945. The molecule has 19 heavy (non-hydrogen) atoms. The van der Waals surface area contributed by atoms with Crippen LogP contribution in [0.15, 0.2) is 12.1 Å². The number of nitrogens with one attached hydrogen (secondary N) is 1. The molecule has 1 atom stereocenters. The summed E-state index contributed by atoms with van der Waals surface area (Å²) in [6, 6.07) is 5.23. The van der Waals surface area contributed by atoms with Gasteiger partial charge >= 0.3 is 0 Å². The van der Waals surface area contributed by atoms with E-state index in [-0.39, 0.29) is 0 Å². The number of nitrogens with zero attached hydrogens (tertiary/aromatic N) is 3. The SMILES string of the molecule is Clc1ccc2nsnc2c1N1CCC(NC2CC2)C1. The van der Waals surface area contributed by atoms with E-state index in [2.05, 4.69) is 19.0 Å². The van der Waals surface area contributed by atoms with Crippen molar-refractivity contribution in [3.05, 3.63) is 17.2 Å². The second kappa shape index (κ2) is 4.58. The summed E-state index contributed by atoms with van der Waals surface area (Å²) in [4.78, 5) is 2.35. The maximum absolute atomic E-state index is 6.38. The molecule has 1 aromatic carbocycles. The molecule has 1 aliphatic heterocycles. The summed E-state index contributed by atoms with van der Waals surface area (Å²) in [5.74, 6) is 0. The van der Waals surface area contributed by atoms with Crippen molar-refractivity contribution in [2.24, 2.45) is 0 Å². The van der Waals surface area contributed by atoms with Gasteiger partial charge in [-0.05, 0) is 31.4 Å². The Hall–Kier alpha value is -0.910. The van der Waals surface area contributed by atoms with Gasteiger partial charge in [-0.25, -0.2) is 0 Å². The molecule has 1 aliphatic carbocycles. The van der Waals surface area contributed by atoms with E-state index in [9.17, 15) is 0 Å². The molecular weight excluding hydrogens is 280 g/mol. The third kappa shape index (κ3) is 2.20. The first-order valence-electron chi connectivity index (χ1n) is 6.73. The highest BCUT2D eigenvalue weighted by molar-refractivity contribution is 7.00. The molecule has 2 heterocycles. The molecule has 0 bridgehead atoms. The molecule has 1 aromatic heterocycles. The van der Waals surface area contributed by atoms with Gasteiger partial charge in [-0.2, -0.15) is 8.75 Å². The van der Waals surface area contributed by atoms with Crippen LogP contribution in [0.1, 0.15) is 19.3 Å². The van der Waals surface area contributed by atoms with Crippen LogP contribution in [-0.4, -0.2) is 33.9 Å². The van der Waals surface area contributed by atoms with E-state index >= 15 is 0 Å². The molecule has 1 saturated carbocycles. The van der Waals surface area contributed by atoms with Crippen LogP contribution in [0.25, 0.3) is 11.0 Å². The zero-order valence-corrected chi connectivity index (χ0v) is 12.0. The normalized spacial score (nSPS) is 23.4. The topological polar surface area (TPSA) is 41.1 Å². The Morgan fingerprint density at radius 1 is 1.21 bits per heavy atom. The first-order valence-corrected chi connectivity index (χ1v) is 7.84. The number of hydrogen-bond donors (Lipinski definition) is 1. The number of halogens is 1. The zero-order chi connectivity index (χ0) is 12.8. The standard InChI is InChI=1S/C13H15ClN4S/c14-10-3-4-11-12(17-19-16-11)13(10)18-6-5-9(7-18)15-8-1-2-8/h3-4,8-9,15H,1-2,5-7H2. The van der Waals surface area contributed by atoms with Crippen molar-refractivity contribution in [2.75, 3.05) is 18.0 Å². The van der Waals surface area contributed by atoms with Gasteiger partial charge in [0.25, 0.3) is 0 Å². The van der Waals surface area contributed by atoms with Crippen LogP contribution in [0.2, 0.25) is 5.02 Å². The van der Waals surface area contributed by atoms with Gasteiger partial charge in [-0.15, -0.1) is 0 Å². The molecule has 2 fully saturated rings. The van der Waals surface area contributed by atoms with E-state index in [1.54, 1.807) is 0 Å². The Bertz CT molecular complexity index is 610. The largest absolute Gasteiger partial charge is 0.367 e. The molecule has 2 aliphatic rings. The molecule has 1 saturated heterocycles. The molecule has 4 rings (SSSR count). The van der Waals surface area contributed by atoms with Crippen molar-refractivity contribution in [1.29, 1.82) is 0 Å². The highest BCUT2D eigenvalue weighted by Gasteiger charge is 2.30. The van der Waals surface area contributed by atoms with Gasteiger partial charge in [0, 0.05) is 25.2 Å². The fourth-order valence-corrected chi connectivity index (χ4v) is 3.61. The van der Waals surface area contributed by atoms with Crippen molar-refractivity contribution in [3.8, 4) is 0 Å². The summed E-state index contributed by atoms with van der Waals surface area (Å²) in [5.41, 5.74) is 2.96. The number of hydrogen-bond acceptors (Lipinski definition) is 5. The second-order valence-corrected chi connectivity index (χ2v) is 6.34. The molecular formula is C13H15ClN4S. The fraction of sp³-hybridized carbons (Fsp3) is 0.538. The first kappa shape index (κ1) is 11.9. The third-order valence-electron chi connectivity index (χ3n) is 3.91. The number of anilines is 1. The fourth-order valence-electron chi connectivity index (χ4n) is 2.80. The molecule has 4 nitrogen and oxygen atoms in total. The molecule has 0 radical (unpaired) electrons. The van der Waals surface area contributed by atoms with Crippen LogP contribution >= 0.6 is 23.3 Å². The van der Waals surface area contributed by atoms with Crippen molar-refractivity contribution < 1.29 is 0 Å². The van der Waals surface area contributed by atoms with Gasteiger partial charge in [-0.3, -0.25) is 0 Å². The summed E-state index contributed by atoms with van der Waals surface area (Å²) in [5, 5.41) is 4.48. The van der Waals surface area contributed by atoms with Gasteiger partial charge in [-0.1, -0.05) is 11.6 Å². The third-order valence-corrected chi connectivity index (χ3v) is 4.75. The van der Waals surface area contributed by atoms with Gasteiger partial charge in [0.05, 0.1) is 22.4 Å². The molecule has 0 amide bonds. The van der Waals surface area contributed by atoms with Crippen LogP contribution in [0.3, 0.4) is 0 Å². The number of fused-ring (bicyclic) bond motifs is 1. The lowest BCUT2D eigenvalue weighted by molar-refractivity contribution is 0.548.